The van der Waals surface area contributed by atoms with E-state index in [1.807, 2.05) is 18.2 Å². The molecule has 2 aromatic carbocycles. The Morgan fingerprint density at radius 1 is 1.00 bits per heavy atom. The zero-order valence-electron chi connectivity index (χ0n) is 14.8. The van der Waals surface area contributed by atoms with Gasteiger partial charge in [-0.1, -0.05) is 47.5 Å². The first-order valence-corrected chi connectivity index (χ1v) is 8.92. The SMILES string of the molecule is CCOC(=O)C(C)(C)OC(=O)Cc1ccc(-c2ccc(Cl)cc2)cc1Cl. The molecule has 0 aliphatic heterocycles. The van der Waals surface area contributed by atoms with Crippen molar-refractivity contribution in [1.82, 2.24) is 0 Å². The van der Waals surface area contributed by atoms with Gasteiger partial charge in [-0.2, -0.15) is 0 Å². The van der Waals surface area contributed by atoms with Gasteiger partial charge in [0, 0.05) is 10.0 Å². The molecule has 0 radical (unpaired) electrons. The van der Waals surface area contributed by atoms with E-state index in [-0.39, 0.29) is 13.0 Å². The number of carbonyl (C=O) groups is 2. The van der Waals surface area contributed by atoms with E-state index in [2.05, 4.69) is 0 Å². The topological polar surface area (TPSA) is 52.6 Å². The smallest absolute Gasteiger partial charge is 0.349 e. The van der Waals surface area contributed by atoms with Crippen molar-refractivity contribution >= 4 is 35.1 Å². The van der Waals surface area contributed by atoms with Crippen LogP contribution in [0.5, 0.6) is 0 Å². The van der Waals surface area contributed by atoms with Crippen molar-refractivity contribution in [2.24, 2.45) is 0 Å². The first-order valence-electron chi connectivity index (χ1n) is 8.16. The molecule has 2 rings (SSSR count). The Kier molecular flexibility index (Phi) is 6.68. The van der Waals surface area contributed by atoms with Crippen LogP contribution in [0.2, 0.25) is 10.0 Å². The summed E-state index contributed by atoms with van der Waals surface area (Å²) in [7, 11) is 0. The maximum atomic E-state index is 12.2. The van der Waals surface area contributed by atoms with Crippen LogP contribution in [-0.2, 0) is 25.5 Å². The summed E-state index contributed by atoms with van der Waals surface area (Å²) < 4.78 is 10.2. The van der Waals surface area contributed by atoms with Gasteiger partial charge in [0.15, 0.2) is 0 Å². The first-order chi connectivity index (χ1) is 12.2. The number of hydrogen-bond donors (Lipinski definition) is 0. The van der Waals surface area contributed by atoms with Crippen LogP contribution in [0.25, 0.3) is 11.1 Å². The molecule has 0 amide bonds. The predicted molar refractivity (Wildman–Crippen MR) is 102 cm³/mol. The lowest BCUT2D eigenvalue weighted by Crippen LogP contribution is -2.39. The van der Waals surface area contributed by atoms with Gasteiger partial charge >= 0.3 is 11.9 Å². The van der Waals surface area contributed by atoms with Gasteiger partial charge < -0.3 is 9.47 Å². The van der Waals surface area contributed by atoms with Crippen molar-refractivity contribution in [3.63, 3.8) is 0 Å². The molecule has 0 aromatic heterocycles. The minimum Gasteiger partial charge on any atom is -0.463 e. The van der Waals surface area contributed by atoms with E-state index in [0.29, 0.717) is 15.6 Å². The van der Waals surface area contributed by atoms with Gasteiger partial charge in [-0.15, -0.1) is 0 Å². The summed E-state index contributed by atoms with van der Waals surface area (Å²) >= 11 is 12.2. The highest BCUT2D eigenvalue weighted by molar-refractivity contribution is 6.32. The van der Waals surface area contributed by atoms with Gasteiger partial charge in [0.1, 0.15) is 0 Å². The van der Waals surface area contributed by atoms with Crippen LogP contribution < -0.4 is 0 Å². The number of hydrogen-bond acceptors (Lipinski definition) is 4. The standard InChI is InChI=1S/C20H20Cl2O4/c1-4-25-19(24)20(2,3)26-18(23)12-15-6-5-14(11-17(15)22)13-7-9-16(21)10-8-13/h5-11H,4,12H2,1-3H3. The highest BCUT2D eigenvalue weighted by atomic mass is 35.5. The summed E-state index contributed by atoms with van der Waals surface area (Å²) in [6.45, 7) is 4.90. The second-order valence-corrected chi connectivity index (χ2v) is 7.04. The number of ether oxygens (including phenoxy) is 2. The van der Waals surface area contributed by atoms with Gasteiger partial charge in [-0.3, -0.25) is 4.79 Å². The van der Waals surface area contributed by atoms with Gasteiger partial charge in [-0.05, 0) is 55.7 Å². The van der Waals surface area contributed by atoms with Crippen molar-refractivity contribution in [3.05, 3.63) is 58.1 Å². The Balaban J connectivity index is 2.09. The van der Waals surface area contributed by atoms with E-state index in [4.69, 9.17) is 32.7 Å². The number of carbonyl (C=O) groups excluding carboxylic acids is 2. The summed E-state index contributed by atoms with van der Waals surface area (Å²) in [4.78, 5) is 24.0. The molecule has 6 heteroatoms. The summed E-state index contributed by atoms with van der Waals surface area (Å²) in [5, 5.41) is 1.10. The fraction of sp³-hybridized carbons (Fsp3) is 0.300. The van der Waals surface area contributed by atoms with E-state index in [1.165, 1.54) is 13.8 Å². The molecular weight excluding hydrogens is 375 g/mol. The molecule has 0 bridgehead atoms. The van der Waals surface area contributed by atoms with Crippen LogP contribution >= 0.6 is 23.2 Å². The number of halogens is 2. The lowest BCUT2D eigenvalue weighted by molar-refractivity contribution is -0.177. The van der Waals surface area contributed by atoms with Crippen LogP contribution in [0, 0.1) is 0 Å². The van der Waals surface area contributed by atoms with Crippen LogP contribution in [0.15, 0.2) is 42.5 Å². The molecule has 4 nitrogen and oxygen atoms in total. The van der Waals surface area contributed by atoms with E-state index in [0.717, 1.165) is 11.1 Å². The molecule has 26 heavy (non-hydrogen) atoms. The fourth-order valence-corrected chi connectivity index (χ4v) is 2.71. The molecule has 0 heterocycles. The molecule has 0 unspecified atom stereocenters. The molecule has 0 N–H and O–H groups in total. The fourth-order valence-electron chi connectivity index (χ4n) is 2.34. The quantitative estimate of drug-likeness (QED) is 0.640. The molecule has 0 aliphatic rings. The van der Waals surface area contributed by atoms with Gasteiger partial charge in [0.25, 0.3) is 0 Å². The minimum absolute atomic E-state index is 0.0391. The van der Waals surface area contributed by atoms with Crippen molar-refractivity contribution in [1.29, 1.82) is 0 Å². The molecule has 0 atom stereocenters. The number of esters is 2. The maximum Gasteiger partial charge on any atom is 0.349 e. The second kappa shape index (κ2) is 8.56. The van der Waals surface area contributed by atoms with Gasteiger partial charge in [-0.25, -0.2) is 4.79 Å². The van der Waals surface area contributed by atoms with E-state index in [1.54, 1.807) is 31.2 Å². The average molecular weight is 395 g/mol. The highest BCUT2D eigenvalue weighted by Crippen LogP contribution is 2.27. The predicted octanol–water partition coefficient (Wildman–Crippen LogP) is 5.09. The number of rotatable bonds is 6. The van der Waals surface area contributed by atoms with Crippen LogP contribution in [0.1, 0.15) is 26.3 Å². The van der Waals surface area contributed by atoms with Crippen LogP contribution in [-0.4, -0.2) is 24.1 Å². The van der Waals surface area contributed by atoms with Crippen molar-refractivity contribution in [2.45, 2.75) is 32.8 Å². The molecule has 0 spiro atoms. The second-order valence-electron chi connectivity index (χ2n) is 6.19. The van der Waals surface area contributed by atoms with Crippen LogP contribution in [0.3, 0.4) is 0 Å². The Bertz CT molecular complexity index is 798. The van der Waals surface area contributed by atoms with Crippen LogP contribution in [0.4, 0.5) is 0 Å². The Labute approximate surface area is 163 Å². The molecule has 0 saturated carbocycles. The van der Waals surface area contributed by atoms with E-state index >= 15 is 0 Å². The van der Waals surface area contributed by atoms with Gasteiger partial charge in [0.2, 0.25) is 5.60 Å². The highest BCUT2D eigenvalue weighted by Gasteiger charge is 2.33. The monoisotopic (exact) mass is 394 g/mol. The lowest BCUT2D eigenvalue weighted by Gasteiger charge is -2.22. The third kappa shape index (κ3) is 5.23. The van der Waals surface area contributed by atoms with Crippen molar-refractivity contribution in [2.75, 3.05) is 6.61 Å². The Morgan fingerprint density at radius 3 is 2.19 bits per heavy atom. The normalized spacial score (nSPS) is 11.1. The molecule has 0 fully saturated rings. The summed E-state index contributed by atoms with van der Waals surface area (Å²) in [5.41, 5.74) is 1.15. The molecular formula is C20H20Cl2O4. The van der Waals surface area contributed by atoms with Crippen molar-refractivity contribution in [3.8, 4) is 11.1 Å². The first kappa shape index (κ1) is 20.3. The van der Waals surface area contributed by atoms with E-state index < -0.39 is 17.5 Å². The molecule has 0 saturated heterocycles. The van der Waals surface area contributed by atoms with E-state index in [9.17, 15) is 9.59 Å². The largest absolute Gasteiger partial charge is 0.463 e. The summed E-state index contributed by atoms with van der Waals surface area (Å²) in [5.74, 6) is -1.14. The zero-order chi connectivity index (χ0) is 19.3. The molecule has 0 aliphatic carbocycles. The average Bonchev–Trinajstić information content (AvgIpc) is 2.57. The molecule has 2 aromatic rings. The third-order valence-electron chi connectivity index (χ3n) is 3.70. The van der Waals surface area contributed by atoms with Crippen molar-refractivity contribution < 1.29 is 19.1 Å². The Hall–Kier alpha value is -2.04. The lowest BCUT2D eigenvalue weighted by atomic mass is 10.0. The Morgan fingerprint density at radius 2 is 1.62 bits per heavy atom. The third-order valence-corrected chi connectivity index (χ3v) is 4.31. The maximum absolute atomic E-state index is 12.2. The van der Waals surface area contributed by atoms with Gasteiger partial charge in [0.05, 0.1) is 13.0 Å². The number of benzene rings is 2. The summed E-state index contributed by atoms with van der Waals surface area (Å²) in [6.07, 6.45) is -0.0391. The minimum atomic E-state index is -1.34. The summed E-state index contributed by atoms with van der Waals surface area (Å²) in [6, 6.07) is 12.8. The zero-order valence-corrected chi connectivity index (χ0v) is 16.4. The molecule has 138 valence electrons.